The summed E-state index contributed by atoms with van der Waals surface area (Å²) in [4.78, 5) is 39.7. The molecule has 1 amide bonds. The number of ether oxygens (including phenoxy) is 1. The molecule has 2 aliphatic rings. The largest absolute Gasteiger partial charge is 0.497 e. The van der Waals surface area contributed by atoms with Crippen LogP contribution in [0.5, 0.6) is 5.75 Å². The molecule has 2 aromatic heterocycles. The minimum absolute atomic E-state index is 0.00811. The average molecular weight is 439 g/mol. The normalized spacial score (nSPS) is 17.0. The molecule has 1 N–H and O–H groups in total. The molecule has 0 atom stereocenters. The Hall–Kier alpha value is -2.71. The molecule has 8 heteroatoms. The standard InChI is InChI=1S/C23H26N4O3S/c1-30-16-6-4-5-15(13-16)23(29)27-11-9-26(10-12-27)14-19-24-21(28)20-17-7-2-3-8-18(17)31-22(20)25-19/h4-6,13H,2-3,7-12,14H2,1H3,(H,24,25,28). The van der Waals surface area contributed by atoms with Gasteiger partial charge in [0.2, 0.25) is 0 Å². The Bertz CT molecular complexity index is 1180. The number of carbonyl (C=O) groups is 1. The first-order chi connectivity index (χ1) is 15.1. The van der Waals surface area contributed by atoms with Crippen LogP contribution in [0.3, 0.4) is 0 Å². The van der Waals surface area contributed by atoms with Crippen LogP contribution in [0, 0.1) is 0 Å². The first-order valence-corrected chi connectivity index (χ1v) is 11.6. The number of benzene rings is 1. The lowest BCUT2D eigenvalue weighted by atomic mass is 9.97. The summed E-state index contributed by atoms with van der Waals surface area (Å²) < 4.78 is 5.23. The van der Waals surface area contributed by atoms with Crippen molar-refractivity contribution in [2.24, 2.45) is 0 Å². The SMILES string of the molecule is COc1cccc(C(=O)N2CCN(Cc3nc4sc5c(c4c(=O)[nH]3)CCCC5)CC2)c1. The fraction of sp³-hybridized carbons (Fsp3) is 0.435. The van der Waals surface area contributed by atoms with Crippen LogP contribution in [0.25, 0.3) is 10.2 Å². The predicted octanol–water partition coefficient (Wildman–Crippen LogP) is 2.83. The number of nitrogens with zero attached hydrogens (tertiary/aromatic N) is 3. The molecule has 31 heavy (non-hydrogen) atoms. The molecule has 1 aliphatic carbocycles. The molecule has 0 saturated carbocycles. The quantitative estimate of drug-likeness (QED) is 0.678. The second-order valence-electron chi connectivity index (χ2n) is 8.20. The van der Waals surface area contributed by atoms with Crippen LogP contribution in [0.1, 0.15) is 39.5 Å². The van der Waals surface area contributed by atoms with Crippen LogP contribution in [0.2, 0.25) is 0 Å². The zero-order chi connectivity index (χ0) is 21.4. The second kappa shape index (κ2) is 8.43. The monoisotopic (exact) mass is 438 g/mol. The summed E-state index contributed by atoms with van der Waals surface area (Å²) >= 11 is 1.68. The smallest absolute Gasteiger partial charge is 0.259 e. The molecule has 0 unspecified atom stereocenters. The van der Waals surface area contributed by atoms with Crippen LogP contribution < -0.4 is 10.3 Å². The summed E-state index contributed by atoms with van der Waals surface area (Å²) in [7, 11) is 1.60. The Balaban J connectivity index is 1.26. The Kier molecular flexibility index (Phi) is 5.50. The highest BCUT2D eigenvalue weighted by Crippen LogP contribution is 2.33. The molecule has 162 valence electrons. The maximum atomic E-state index is 12.8. The molecule has 1 fully saturated rings. The number of aryl methyl sites for hydroxylation is 2. The van der Waals surface area contributed by atoms with Gasteiger partial charge in [0.25, 0.3) is 11.5 Å². The van der Waals surface area contributed by atoms with Gasteiger partial charge >= 0.3 is 0 Å². The zero-order valence-electron chi connectivity index (χ0n) is 17.6. The molecule has 5 rings (SSSR count). The van der Waals surface area contributed by atoms with Crippen LogP contribution in [0.4, 0.5) is 0 Å². The summed E-state index contributed by atoms with van der Waals surface area (Å²) in [5, 5.41) is 0.803. The molecule has 0 spiro atoms. The molecule has 1 saturated heterocycles. The number of aromatic amines is 1. The van der Waals surface area contributed by atoms with Gasteiger partial charge in [0.1, 0.15) is 16.4 Å². The van der Waals surface area contributed by atoms with E-state index >= 15 is 0 Å². The van der Waals surface area contributed by atoms with Crippen molar-refractivity contribution in [2.45, 2.75) is 32.2 Å². The molecule has 7 nitrogen and oxygen atoms in total. The van der Waals surface area contributed by atoms with Crippen LogP contribution in [0.15, 0.2) is 29.1 Å². The van der Waals surface area contributed by atoms with Crippen LogP contribution in [-0.2, 0) is 19.4 Å². The maximum absolute atomic E-state index is 12.8. The molecule has 3 aromatic rings. The van der Waals surface area contributed by atoms with Crippen molar-refractivity contribution in [3.8, 4) is 5.75 Å². The minimum atomic E-state index is -0.00811. The summed E-state index contributed by atoms with van der Waals surface area (Å²) in [5.74, 6) is 1.42. The molecular formula is C23H26N4O3S. The summed E-state index contributed by atoms with van der Waals surface area (Å²) in [6, 6.07) is 7.27. The Labute approximate surface area is 184 Å². The summed E-state index contributed by atoms with van der Waals surface area (Å²) in [6.07, 6.45) is 4.40. The molecular weight excluding hydrogens is 412 g/mol. The third kappa shape index (κ3) is 3.97. The van der Waals surface area contributed by atoms with E-state index in [9.17, 15) is 9.59 Å². The number of carbonyl (C=O) groups excluding carboxylic acids is 1. The first kappa shape index (κ1) is 20.2. The van der Waals surface area contributed by atoms with Gasteiger partial charge in [0, 0.05) is 36.6 Å². The number of hydrogen-bond acceptors (Lipinski definition) is 6. The number of rotatable bonds is 4. The van der Waals surface area contributed by atoms with Gasteiger partial charge in [-0.05, 0) is 49.4 Å². The molecule has 0 radical (unpaired) electrons. The summed E-state index contributed by atoms with van der Waals surface area (Å²) in [5.41, 5.74) is 1.85. The maximum Gasteiger partial charge on any atom is 0.259 e. The molecule has 1 aliphatic heterocycles. The highest BCUT2D eigenvalue weighted by atomic mass is 32.1. The fourth-order valence-corrected chi connectivity index (χ4v) is 5.82. The predicted molar refractivity (Wildman–Crippen MR) is 121 cm³/mol. The highest BCUT2D eigenvalue weighted by Gasteiger charge is 2.24. The van der Waals surface area contributed by atoms with Gasteiger partial charge in [0.05, 0.1) is 19.0 Å². The van der Waals surface area contributed by atoms with Crippen LogP contribution in [-0.4, -0.2) is 59.0 Å². The summed E-state index contributed by atoms with van der Waals surface area (Å²) in [6.45, 7) is 3.39. The van der Waals surface area contributed by atoms with Crippen molar-refractivity contribution in [3.63, 3.8) is 0 Å². The number of nitrogens with one attached hydrogen (secondary N) is 1. The molecule has 1 aromatic carbocycles. The van der Waals surface area contributed by atoms with E-state index in [0.29, 0.717) is 36.8 Å². The minimum Gasteiger partial charge on any atom is -0.497 e. The second-order valence-corrected chi connectivity index (χ2v) is 9.29. The van der Waals surface area contributed by atoms with Gasteiger partial charge in [-0.2, -0.15) is 0 Å². The molecule has 0 bridgehead atoms. The number of aromatic nitrogens is 2. The lowest BCUT2D eigenvalue weighted by Gasteiger charge is -2.34. The fourth-order valence-electron chi connectivity index (χ4n) is 4.54. The van der Waals surface area contributed by atoms with Crippen molar-refractivity contribution in [1.29, 1.82) is 0 Å². The van der Waals surface area contributed by atoms with E-state index in [4.69, 9.17) is 9.72 Å². The number of fused-ring (bicyclic) bond motifs is 3. The van der Waals surface area contributed by atoms with E-state index in [1.807, 2.05) is 23.1 Å². The third-order valence-corrected chi connectivity index (χ3v) is 7.41. The van der Waals surface area contributed by atoms with Gasteiger partial charge in [-0.25, -0.2) is 4.98 Å². The van der Waals surface area contributed by atoms with Crippen molar-refractivity contribution in [1.82, 2.24) is 19.8 Å². The van der Waals surface area contributed by atoms with Gasteiger partial charge in [-0.15, -0.1) is 11.3 Å². The van der Waals surface area contributed by atoms with Crippen molar-refractivity contribution in [3.05, 3.63) is 56.4 Å². The van der Waals surface area contributed by atoms with Gasteiger partial charge in [-0.1, -0.05) is 6.07 Å². The van der Waals surface area contributed by atoms with Crippen molar-refractivity contribution < 1.29 is 9.53 Å². The van der Waals surface area contributed by atoms with Crippen LogP contribution >= 0.6 is 11.3 Å². The number of hydrogen-bond donors (Lipinski definition) is 1. The number of piperazine rings is 1. The number of H-pyrrole nitrogens is 1. The number of methoxy groups -OCH3 is 1. The van der Waals surface area contributed by atoms with E-state index in [1.165, 1.54) is 16.9 Å². The average Bonchev–Trinajstić information content (AvgIpc) is 3.18. The Morgan fingerprint density at radius 2 is 2.00 bits per heavy atom. The van der Waals surface area contributed by atoms with E-state index in [1.54, 1.807) is 24.5 Å². The van der Waals surface area contributed by atoms with E-state index in [-0.39, 0.29) is 11.5 Å². The lowest BCUT2D eigenvalue weighted by Crippen LogP contribution is -2.48. The number of amides is 1. The van der Waals surface area contributed by atoms with E-state index < -0.39 is 0 Å². The highest BCUT2D eigenvalue weighted by molar-refractivity contribution is 7.18. The van der Waals surface area contributed by atoms with Crippen molar-refractivity contribution >= 4 is 27.5 Å². The van der Waals surface area contributed by atoms with Gasteiger partial charge in [0.15, 0.2) is 0 Å². The topological polar surface area (TPSA) is 78.5 Å². The molecule has 3 heterocycles. The zero-order valence-corrected chi connectivity index (χ0v) is 18.5. The number of thiophene rings is 1. The first-order valence-electron chi connectivity index (χ1n) is 10.8. The van der Waals surface area contributed by atoms with Gasteiger partial charge in [-0.3, -0.25) is 14.5 Å². The van der Waals surface area contributed by atoms with Crippen molar-refractivity contribution in [2.75, 3.05) is 33.3 Å². The van der Waals surface area contributed by atoms with Gasteiger partial charge < -0.3 is 14.6 Å². The Morgan fingerprint density at radius 3 is 2.81 bits per heavy atom. The van der Waals surface area contributed by atoms with E-state index in [2.05, 4.69) is 9.88 Å². The third-order valence-electron chi connectivity index (χ3n) is 6.22. The Morgan fingerprint density at radius 1 is 1.19 bits per heavy atom. The lowest BCUT2D eigenvalue weighted by molar-refractivity contribution is 0.0625. The van der Waals surface area contributed by atoms with E-state index in [0.717, 1.165) is 42.6 Å².